The molecule has 0 radical (unpaired) electrons. The molecule has 0 heterocycles. The maximum Gasteiger partial charge on any atom is -0.0287 e. The molecule has 0 saturated heterocycles. The summed E-state index contributed by atoms with van der Waals surface area (Å²) >= 11 is 0. The number of hydrogen-bond donors (Lipinski definition) is 0. The Hall–Kier alpha value is 0. The van der Waals surface area contributed by atoms with Crippen LogP contribution in [0, 0.1) is 34.5 Å². The van der Waals surface area contributed by atoms with Gasteiger partial charge in [-0.1, -0.05) is 6.42 Å². The van der Waals surface area contributed by atoms with Crippen molar-refractivity contribution in [1.82, 2.24) is 0 Å². The van der Waals surface area contributed by atoms with Crippen LogP contribution >= 0.6 is 0 Å². The summed E-state index contributed by atoms with van der Waals surface area (Å²) in [6, 6.07) is 0. The fourth-order valence-electron chi connectivity index (χ4n) is 7.01. The Balaban J connectivity index is 1.75. The van der Waals surface area contributed by atoms with E-state index < -0.39 is 0 Å². The predicted octanol–water partition coefficient (Wildman–Crippen LogP) is 3.61. The molecular weight excluding hydrogens is 168 g/mol. The highest BCUT2D eigenvalue weighted by atomic mass is 14.7. The molecule has 0 aromatic rings. The zero-order chi connectivity index (χ0) is 8.97. The highest BCUT2D eigenvalue weighted by Gasteiger charge is 2.70. The van der Waals surface area contributed by atoms with Gasteiger partial charge in [0.05, 0.1) is 0 Å². The van der Waals surface area contributed by atoms with E-state index in [1.807, 2.05) is 0 Å². The van der Waals surface area contributed by atoms with Gasteiger partial charge >= 0.3 is 0 Å². The van der Waals surface area contributed by atoms with Crippen LogP contribution < -0.4 is 0 Å². The van der Waals surface area contributed by atoms with E-state index in [0.717, 1.165) is 10.8 Å². The van der Waals surface area contributed by atoms with Gasteiger partial charge in [0, 0.05) is 0 Å². The van der Waals surface area contributed by atoms with Crippen molar-refractivity contribution in [3.05, 3.63) is 0 Å². The van der Waals surface area contributed by atoms with Crippen LogP contribution in [-0.2, 0) is 0 Å². The molecule has 4 aliphatic carbocycles. The molecule has 2 spiro atoms. The molecular formula is C14H20. The zero-order valence-electron chi connectivity index (χ0n) is 8.97. The van der Waals surface area contributed by atoms with Crippen LogP contribution in [0.4, 0.5) is 0 Å². The molecule has 76 valence electrons. The second kappa shape index (κ2) is 1.83. The van der Waals surface area contributed by atoms with Gasteiger partial charge in [-0.3, -0.25) is 0 Å². The lowest BCUT2D eigenvalue weighted by Crippen LogP contribution is -2.39. The third kappa shape index (κ3) is 0.581. The van der Waals surface area contributed by atoms with Gasteiger partial charge in [0.25, 0.3) is 0 Å². The van der Waals surface area contributed by atoms with Gasteiger partial charge in [-0.15, -0.1) is 0 Å². The Morgan fingerprint density at radius 3 is 1.50 bits per heavy atom. The van der Waals surface area contributed by atoms with Crippen molar-refractivity contribution in [2.24, 2.45) is 34.5 Å². The van der Waals surface area contributed by atoms with Gasteiger partial charge in [0.15, 0.2) is 0 Å². The molecule has 0 bridgehead atoms. The topological polar surface area (TPSA) is 0 Å². The first-order chi connectivity index (χ1) is 6.79. The molecule has 0 heteroatoms. The van der Waals surface area contributed by atoms with Crippen LogP contribution in [0.1, 0.15) is 51.4 Å². The first-order valence-corrected chi connectivity index (χ1v) is 6.79. The average molecular weight is 188 g/mol. The van der Waals surface area contributed by atoms with E-state index in [9.17, 15) is 0 Å². The summed E-state index contributed by atoms with van der Waals surface area (Å²) in [5.74, 6) is 4.90. The van der Waals surface area contributed by atoms with E-state index in [0.29, 0.717) is 0 Å². The molecule has 0 aromatic carbocycles. The lowest BCUT2D eigenvalue weighted by molar-refractivity contribution is 0.0302. The summed E-state index contributed by atoms with van der Waals surface area (Å²) in [6.45, 7) is 0. The summed E-state index contributed by atoms with van der Waals surface area (Å²) in [5.41, 5.74) is 1.79. The fourth-order valence-corrected chi connectivity index (χ4v) is 7.01. The monoisotopic (exact) mass is 188 g/mol. The number of rotatable bonds is 0. The molecule has 4 saturated carbocycles. The maximum atomic E-state index is 1.67. The minimum Gasteiger partial charge on any atom is -0.0522 e. The van der Waals surface area contributed by atoms with E-state index in [4.69, 9.17) is 0 Å². The Morgan fingerprint density at radius 1 is 0.643 bits per heavy atom. The van der Waals surface area contributed by atoms with E-state index >= 15 is 0 Å². The molecule has 0 amide bonds. The lowest BCUT2D eigenvalue weighted by Gasteiger charge is -2.45. The Kier molecular flexibility index (Phi) is 0.954. The van der Waals surface area contributed by atoms with E-state index in [1.165, 1.54) is 23.7 Å². The second-order valence-electron chi connectivity index (χ2n) is 7.50. The van der Waals surface area contributed by atoms with Gasteiger partial charge in [-0.05, 0) is 79.4 Å². The SMILES string of the molecule is C1CC23CC4C(C2)C2CC(C1)(CC42)C3. The summed E-state index contributed by atoms with van der Waals surface area (Å²) < 4.78 is 0. The van der Waals surface area contributed by atoms with Crippen LogP contribution in [0.3, 0.4) is 0 Å². The maximum absolute atomic E-state index is 1.67. The molecule has 4 fully saturated rings. The molecule has 0 nitrogen and oxygen atoms in total. The first-order valence-electron chi connectivity index (χ1n) is 6.79. The van der Waals surface area contributed by atoms with Crippen LogP contribution in [0.25, 0.3) is 0 Å². The molecule has 4 rings (SSSR count). The molecule has 0 aliphatic heterocycles. The summed E-state index contributed by atoms with van der Waals surface area (Å²) in [7, 11) is 0. The molecule has 4 aliphatic rings. The Labute approximate surface area is 86.5 Å². The number of fused-ring (bicyclic) bond motifs is 4. The van der Waals surface area contributed by atoms with Crippen LogP contribution in [0.15, 0.2) is 0 Å². The second-order valence-corrected chi connectivity index (χ2v) is 7.50. The van der Waals surface area contributed by atoms with E-state index in [1.54, 1.807) is 51.4 Å². The van der Waals surface area contributed by atoms with Crippen LogP contribution in [-0.4, -0.2) is 0 Å². The molecule has 0 N–H and O–H groups in total. The highest BCUT2D eigenvalue weighted by molar-refractivity contribution is 5.19. The molecule has 14 heavy (non-hydrogen) atoms. The summed E-state index contributed by atoms with van der Waals surface area (Å²) in [4.78, 5) is 0. The van der Waals surface area contributed by atoms with Crippen LogP contribution in [0.5, 0.6) is 0 Å². The molecule has 0 atom stereocenters. The van der Waals surface area contributed by atoms with Gasteiger partial charge < -0.3 is 0 Å². The van der Waals surface area contributed by atoms with E-state index in [2.05, 4.69) is 0 Å². The lowest BCUT2D eigenvalue weighted by atomic mass is 9.60. The minimum atomic E-state index is 0.896. The van der Waals surface area contributed by atoms with Crippen molar-refractivity contribution in [1.29, 1.82) is 0 Å². The van der Waals surface area contributed by atoms with Gasteiger partial charge in [0.1, 0.15) is 0 Å². The van der Waals surface area contributed by atoms with Crippen molar-refractivity contribution in [2.75, 3.05) is 0 Å². The number of hydrogen-bond acceptors (Lipinski definition) is 0. The normalized spacial score (nSPS) is 72.0. The standard InChI is InChI=1S/C14H20/c1-2-13-4-9-10(5-13)12-7-14(3-1,8-13)6-11(9)12/h9-12H,1-8H2. The predicted molar refractivity (Wildman–Crippen MR) is 55.8 cm³/mol. The highest BCUT2D eigenvalue weighted by Crippen LogP contribution is 2.79. The molecule has 0 unspecified atom stereocenters. The molecule has 0 aromatic heterocycles. The Bertz CT molecular complexity index is 258. The summed E-state index contributed by atoms with van der Waals surface area (Å²) in [6.07, 6.45) is 13.1. The average Bonchev–Trinajstić information content (AvgIpc) is 2.57. The van der Waals surface area contributed by atoms with Crippen molar-refractivity contribution in [2.45, 2.75) is 51.4 Å². The third-order valence-electron chi connectivity index (χ3n) is 7.04. The smallest absolute Gasteiger partial charge is 0.0287 e. The van der Waals surface area contributed by atoms with E-state index in [-0.39, 0.29) is 0 Å². The van der Waals surface area contributed by atoms with Gasteiger partial charge in [-0.25, -0.2) is 0 Å². The van der Waals surface area contributed by atoms with Crippen molar-refractivity contribution >= 4 is 0 Å². The largest absolute Gasteiger partial charge is 0.0522 e. The van der Waals surface area contributed by atoms with Crippen molar-refractivity contribution < 1.29 is 0 Å². The Morgan fingerprint density at radius 2 is 1.07 bits per heavy atom. The van der Waals surface area contributed by atoms with Gasteiger partial charge in [-0.2, -0.15) is 0 Å². The first kappa shape index (κ1) is 7.30. The summed E-state index contributed by atoms with van der Waals surface area (Å²) in [5, 5.41) is 0. The van der Waals surface area contributed by atoms with Crippen molar-refractivity contribution in [3.63, 3.8) is 0 Å². The fraction of sp³-hybridized carbons (Fsp3) is 1.00. The third-order valence-corrected chi connectivity index (χ3v) is 7.04. The van der Waals surface area contributed by atoms with Crippen molar-refractivity contribution in [3.8, 4) is 0 Å². The quantitative estimate of drug-likeness (QED) is 0.544. The minimum absolute atomic E-state index is 0.896. The zero-order valence-corrected chi connectivity index (χ0v) is 8.97. The van der Waals surface area contributed by atoms with Crippen LogP contribution in [0.2, 0.25) is 0 Å². The van der Waals surface area contributed by atoms with Gasteiger partial charge in [0.2, 0.25) is 0 Å².